The van der Waals surface area contributed by atoms with Gasteiger partial charge in [-0.1, -0.05) is 30.3 Å². The zero-order valence-corrected chi connectivity index (χ0v) is 16.4. The van der Waals surface area contributed by atoms with Gasteiger partial charge in [0.05, 0.1) is 5.75 Å². The Balaban J connectivity index is 1.66. The summed E-state index contributed by atoms with van der Waals surface area (Å²) < 4.78 is 32.7. The molecule has 0 fully saturated rings. The molecule has 2 N–H and O–H groups in total. The van der Waals surface area contributed by atoms with Gasteiger partial charge in [-0.3, -0.25) is 4.79 Å². The number of hydrogen-bond donors (Lipinski definition) is 2. The second-order valence-corrected chi connectivity index (χ2v) is 8.39. The molecule has 0 bridgehead atoms. The highest BCUT2D eigenvalue weighted by molar-refractivity contribution is 14.1. The molecule has 0 unspecified atom stereocenters. The molecule has 0 aliphatic carbocycles. The molecular formula is C17H19IN2O4S. The third-order valence-corrected chi connectivity index (χ3v) is 5.26. The van der Waals surface area contributed by atoms with E-state index >= 15 is 0 Å². The molecule has 0 aliphatic heterocycles. The Bertz CT molecular complexity index is 780. The van der Waals surface area contributed by atoms with Crippen LogP contribution in [0, 0.1) is 3.57 Å². The molecule has 0 spiro atoms. The van der Waals surface area contributed by atoms with Crippen molar-refractivity contribution in [3.8, 4) is 5.75 Å². The first-order valence-electron chi connectivity index (χ1n) is 7.61. The minimum Gasteiger partial charge on any atom is -0.484 e. The quantitative estimate of drug-likeness (QED) is 0.544. The van der Waals surface area contributed by atoms with Crippen LogP contribution >= 0.6 is 22.6 Å². The van der Waals surface area contributed by atoms with E-state index in [0.717, 1.165) is 9.13 Å². The van der Waals surface area contributed by atoms with Gasteiger partial charge in [0.15, 0.2) is 6.61 Å². The molecule has 25 heavy (non-hydrogen) atoms. The summed E-state index contributed by atoms with van der Waals surface area (Å²) in [5, 5.41) is 2.53. The summed E-state index contributed by atoms with van der Waals surface area (Å²) in [5.41, 5.74) is 0.876. The fourth-order valence-electron chi connectivity index (χ4n) is 1.92. The van der Waals surface area contributed by atoms with E-state index in [4.69, 9.17) is 4.74 Å². The van der Waals surface area contributed by atoms with Crippen LogP contribution in [-0.4, -0.2) is 33.2 Å². The van der Waals surface area contributed by atoms with Gasteiger partial charge in [0.2, 0.25) is 10.0 Å². The molecule has 0 saturated carbocycles. The lowest BCUT2D eigenvalue weighted by molar-refractivity contribution is -0.122. The van der Waals surface area contributed by atoms with E-state index in [2.05, 4.69) is 32.6 Å². The Labute approximate surface area is 161 Å². The molecular weight excluding hydrogens is 455 g/mol. The standard InChI is InChI=1S/C17H19IN2O4S/c18-15-6-8-16(9-7-15)24-13-17(21)19-10-11-25(22,23)20-12-14-4-2-1-3-5-14/h1-9,20H,10-13H2,(H,19,21). The van der Waals surface area contributed by atoms with Gasteiger partial charge in [-0.15, -0.1) is 0 Å². The second kappa shape index (κ2) is 9.73. The van der Waals surface area contributed by atoms with Crippen molar-refractivity contribution in [3.63, 3.8) is 0 Å². The lowest BCUT2D eigenvalue weighted by Crippen LogP contribution is -2.36. The van der Waals surface area contributed by atoms with E-state index in [1.165, 1.54) is 0 Å². The topological polar surface area (TPSA) is 84.5 Å². The molecule has 6 nitrogen and oxygen atoms in total. The first kappa shape index (κ1) is 19.7. The summed E-state index contributed by atoms with van der Waals surface area (Å²) >= 11 is 2.18. The summed E-state index contributed by atoms with van der Waals surface area (Å²) in [7, 11) is -3.45. The van der Waals surface area contributed by atoms with E-state index in [0.29, 0.717) is 5.75 Å². The van der Waals surface area contributed by atoms with Crippen molar-refractivity contribution in [1.82, 2.24) is 10.0 Å². The highest BCUT2D eigenvalue weighted by Gasteiger charge is 2.11. The van der Waals surface area contributed by atoms with E-state index in [1.54, 1.807) is 12.1 Å². The summed E-state index contributed by atoms with van der Waals surface area (Å²) in [6.45, 7) is 0.101. The molecule has 0 heterocycles. The Kier molecular flexibility index (Phi) is 7.66. The number of rotatable bonds is 9. The van der Waals surface area contributed by atoms with E-state index in [1.807, 2.05) is 42.5 Å². The molecule has 2 rings (SSSR count). The van der Waals surface area contributed by atoms with Crippen LogP contribution < -0.4 is 14.8 Å². The first-order chi connectivity index (χ1) is 11.9. The average molecular weight is 474 g/mol. The highest BCUT2D eigenvalue weighted by atomic mass is 127. The monoisotopic (exact) mass is 474 g/mol. The zero-order valence-electron chi connectivity index (χ0n) is 13.4. The fourth-order valence-corrected chi connectivity index (χ4v) is 3.18. The number of amides is 1. The zero-order chi connectivity index (χ0) is 18.1. The van der Waals surface area contributed by atoms with Crippen molar-refractivity contribution in [2.45, 2.75) is 6.54 Å². The van der Waals surface area contributed by atoms with Crippen LogP contribution in [0.15, 0.2) is 54.6 Å². The van der Waals surface area contributed by atoms with Gasteiger partial charge in [0, 0.05) is 16.7 Å². The second-order valence-electron chi connectivity index (χ2n) is 5.22. The molecule has 0 atom stereocenters. The largest absolute Gasteiger partial charge is 0.484 e. The van der Waals surface area contributed by atoms with Gasteiger partial charge >= 0.3 is 0 Å². The maximum Gasteiger partial charge on any atom is 0.257 e. The SMILES string of the molecule is O=C(COc1ccc(I)cc1)NCCS(=O)(=O)NCc1ccccc1. The molecule has 1 amide bonds. The maximum atomic E-state index is 11.9. The maximum absolute atomic E-state index is 11.9. The number of carbonyl (C=O) groups excluding carboxylic acids is 1. The van der Waals surface area contributed by atoms with Gasteiger partial charge in [-0.25, -0.2) is 13.1 Å². The number of sulfonamides is 1. The smallest absolute Gasteiger partial charge is 0.257 e. The summed E-state index contributed by atoms with van der Waals surface area (Å²) in [6.07, 6.45) is 0. The Morgan fingerprint density at radius 2 is 1.72 bits per heavy atom. The minimum absolute atomic E-state index is 0.0268. The first-order valence-corrected chi connectivity index (χ1v) is 10.3. The Morgan fingerprint density at radius 3 is 2.40 bits per heavy atom. The third kappa shape index (κ3) is 7.84. The number of nitrogens with one attached hydrogen (secondary N) is 2. The highest BCUT2D eigenvalue weighted by Crippen LogP contribution is 2.13. The van der Waals surface area contributed by atoms with E-state index in [9.17, 15) is 13.2 Å². The van der Waals surface area contributed by atoms with Crippen LogP contribution in [0.3, 0.4) is 0 Å². The van der Waals surface area contributed by atoms with Crippen LogP contribution in [0.2, 0.25) is 0 Å². The Morgan fingerprint density at radius 1 is 1.04 bits per heavy atom. The predicted octanol–water partition coefficient (Wildman–Crippen LogP) is 1.91. The third-order valence-electron chi connectivity index (χ3n) is 3.22. The number of halogens is 1. The van der Waals surface area contributed by atoms with Crippen LogP contribution in [0.25, 0.3) is 0 Å². The van der Waals surface area contributed by atoms with Gasteiger partial charge in [0.25, 0.3) is 5.91 Å². The molecule has 2 aromatic rings. The molecule has 2 aromatic carbocycles. The van der Waals surface area contributed by atoms with Crippen molar-refractivity contribution in [2.75, 3.05) is 18.9 Å². The van der Waals surface area contributed by atoms with Crippen LogP contribution in [0.4, 0.5) is 0 Å². The lowest BCUT2D eigenvalue weighted by Gasteiger charge is -2.09. The van der Waals surface area contributed by atoms with Crippen LogP contribution in [0.5, 0.6) is 5.75 Å². The van der Waals surface area contributed by atoms with Gasteiger partial charge in [-0.2, -0.15) is 0 Å². The van der Waals surface area contributed by atoms with Crippen molar-refractivity contribution in [1.29, 1.82) is 0 Å². The predicted molar refractivity (Wildman–Crippen MR) is 105 cm³/mol. The molecule has 8 heteroatoms. The van der Waals surface area contributed by atoms with E-state index < -0.39 is 10.0 Å². The summed E-state index contributed by atoms with van der Waals surface area (Å²) in [6, 6.07) is 16.5. The van der Waals surface area contributed by atoms with Crippen LogP contribution in [0.1, 0.15) is 5.56 Å². The molecule has 0 aliphatic rings. The lowest BCUT2D eigenvalue weighted by atomic mass is 10.2. The summed E-state index contributed by atoms with van der Waals surface area (Å²) in [4.78, 5) is 11.7. The number of ether oxygens (including phenoxy) is 1. The number of hydrogen-bond acceptors (Lipinski definition) is 4. The van der Waals surface area contributed by atoms with Crippen LogP contribution in [-0.2, 0) is 21.4 Å². The molecule has 134 valence electrons. The normalized spacial score (nSPS) is 11.1. The van der Waals surface area contributed by atoms with Gasteiger partial charge in [0.1, 0.15) is 5.75 Å². The van der Waals surface area contributed by atoms with Crippen molar-refractivity contribution in [2.24, 2.45) is 0 Å². The summed E-state index contributed by atoms with van der Waals surface area (Å²) in [5.74, 6) is 0.0410. The molecule has 0 radical (unpaired) electrons. The molecule has 0 saturated heterocycles. The average Bonchev–Trinajstić information content (AvgIpc) is 2.60. The van der Waals surface area contributed by atoms with Crippen molar-refractivity contribution < 1.29 is 17.9 Å². The fraction of sp³-hybridized carbons (Fsp3) is 0.235. The minimum atomic E-state index is -3.45. The van der Waals surface area contributed by atoms with Crippen molar-refractivity contribution in [3.05, 3.63) is 63.7 Å². The van der Waals surface area contributed by atoms with Crippen molar-refractivity contribution >= 4 is 38.5 Å². The molecule has 0 aromatic heterocycles. The van der Waals surface area contributed by atoms with E-state index in [-0.39, 0.29) is 31.4 Å². The number of benzene rings is 2. The number of carbonyl (C=O) groups is 1. The van der Waals surface area contributed by atoms with Gasteiger partial charge in [-0.05, 0) is 52.4 Å². The van der Waals surface area contributed by atoms with Gasteiger partial charge < -0.3 is 10.1 Å². The Hall–Kier alpha value is -1.65.